The van der Waals surface area contributed by atoms with E-state index in [0.29, 0.717) is 23.9 Å². The number of hydrogen-bond acceptors (Lipinski definition) is 5. The molecule has 0 bridgehead atoms. The van der Waals surface area contributed by atoms with E-state index in [0.717, 1.165) is 35.5 Å². The van der Waals surface area contributed by atoms with Gasteiger partial charge >= 0.3 is 6.09 Å². The van der Waals surface area contributed by atoms with Crippen LogP contribution in [0.5, 0.6) is 0 Å². The summed E-state index contributed by atoms with van der Waals surface area (Å²) in [5.41, 5.74) is 4.09. The summed E-state index contributed by atoms with van der Waals surface area (Å²) < 4.78 is 9.38. The summed E-state index contributed by atoms with van der Waals surface area (Å²) in [6.45, 7) is 11.0. The molecule has 1 aliphatic heterocycles. The molecule has 0 unspecified atom stereocenters. The van der Waals surface area contributed by atoms with Crippen LogP contribution in [0.3, 0.4) is 0 Å². The largest absolute Gasteiger partial charge is 0.444 e. The second-order valence-electron chi connectivity index (χ2n) is 8.75. The minimum Gasteiger partial charge on any atom is -0.444 e. The van der Waals surface area contributed by atoms with Gasteiger partial charge in [0.1, 0.15) is 10.8 Å². The van der Waals surface area contributed by atoms with E-state index in [2.05, 4.69) is 21.7 Å². The molecule has 9 heteroatoms. The Kier molecular flexibility index (Phi) is 5.22. The summed E-state index contributed by atoms with van der Waals surface area (Å²) in [6, 6.07) is 3.88. The Balaban J connectivity index is 1.58. The summed E-state index contributed by atoms with van der Waals surface area (Å²) in [5, 5.41) is 9.66. The van der Waals surface area contributed by atoms with Crippen LogP contribution < -0.4 is 0 Å². The molecule has 1 saturated heterocycles. The Morgan fingerprint density at radius 2 is 1.93 bits per heavy atom. The monoisotopic (exact) mass is 430 g/mol. The van der Waals surface area contributed by atoms with E-state index in [1.165, 1.54) is 0 Å². The Bertz CT molecular complexity index is 1090. The van der Waals surface area contributed by atoms with Crippen LogP contribution >= 0.6 is 11.6 Å². The molecule has 0 atom stereocenters. The number of amides is 1. The quantitative estimate of drug-likeness (QED) is 0.562. The molecule has 0 spiro atoms. The number of ether oxygens (including phenoxy) is 1. The summed E-state index contributed by atoms with van der Waals surface area (Å²) >= 11 is 6.25. The molecule has 1 fully saturated rings. The number of carbonyl (C=O) groups is 1. The maximum absolute atomic E-state index is 12.4. The van der Waals surface area contributed by atoms with Crippen molar-refractivity contribution in [3.05, 3.63) is 34.9 Å². The van der Waals surface area contributed by atoms with Crippen LogP contribution in [0.1, 0.15) is 51.0 Å². The first-order valence-corrected chi connectivity index (χ1v) is 10.6. The number of carbonyl (C=O) groups excluding carboxylic acids is 1. The van der Waals surface area contributed by atoms with E-state index in [-0.39, 0.29) is 12.1 Å². The molecular formula is C21H27ClN6O2. The molecular weight excluding hydrogens is 404 g/mol. The predicted molar refractivity (Wildman–Crippen MR) is 115 cm³/mol. The van der Waals surface area contributed by atoms with E-state index in [1.807, 2.05) is 39.8 Å². The van der Waals surface area contributed by atoms with Crippen molar-refractivity contribution in [3.63, 3.8) is 0 Å². The first-order valence-electron chi connectivity index (χ1n) is 10.2. The number of likely N-dealkylation sites (tertiary alicyclic amines) is 1. The lowest BCUT2D eigenvalue weighted by atomic mass is 10.0. The predicted octanol–water partition coefficient (Wildman–Crippen LogP) is 4.44. The summed E-state index contributed by atoms with van der Waals surface area (Å²) in [6.07, 6.45) is 3.12. The van der Waals surface area contributed by atoms with E-state index in [1.54, 1.807) is 15.6 Å². The van der Waals surface area contributed by atoms with Crippen molar-refractivity contribution >= 4 is 23.3 Å². The molecule has 0 saturated carbocycles. The Morgan fingerprint density at radius 1 is 1.23 bits per heavy atom. The van der Waals surface area contributed by atoms with Crippen molar-refractivity contribution in [2.24, 2.45) is 0 Å². The third kappa shape index (κ3) is 3.88. The average molecular weight is 431 g/mol. The molecule has 8 nitrogen and oxygen atoms in total. The molecule has 160 valence electrons. The molecule has 4 heterocycles. The van der Waals surface area contributed by atoms with E-state index >= 15 is 0 Å². The van der Waals surface area contributed by atoms with Gasteiger partial charge in [0, 0.05) is 36.5 Å². The van der Waals surface area contributed by atoms with Crippen molar-refractivity contribution in [2.75, 3.05) is 13.1 Å². The lowest BCUT2D eigenvalue weighted by molar-refractivity contribution is 0.0184. The first-order chi connectivity index (χ1) is 14.1. The number of hydrogen-bond donors (Lipinski definition) is 0. The summed E-state index contributed by atoms with van der Waals surface area (Å²) in [4.78, 5) is 18.5. The molecule has 3 aromatic rings. The van der Waals surface area contributed by atoms with E-state index in [4.69, 9.17) is 21.4 Å². The average Bonchev–Trinajstić information content (AvgIpc) is 3.24. The van der Waals surface area contributed by atoms with Crippen LogP contribution in [-0.4, -0.2) is 54.1 Å². The van der Waals surface area contributed by atoms with Gasteiger partial charge in [0.15, 0.2) is 5.65 Å². The zero-order valence-corrected chi connectivity index (χ0v) is 18.8. The number of fused-ring (bicyclic) bond motifs is 1. The summed E-state index contributed by atoms with van der Waals surface area (Å²) in [7, 11) is 0. The molecule has 1 aliphatic rings. The van der Waals surface area contributed by atoms with Gasteiger partial charge in [-0.2, -0.15) is 10.2 Å². The minimum atomic E-state index is -0.484. The Labute approximate surface area is 180 Å². The molecule has 3 aromatic heterocycles. The number of halogens is 1. The third-order valence-corrected chi connectivity index (χ3v) is 5.56. The minimum absolute atomic E-state index is 0.224. The van der Waals surface area contributed by atoms with Crippen LogP contribution in [-0.2, 0) is 4.74 Å². The number of aromatic nitrogens is 5. The second-order valence-corrected chi connectivity index (χ2v) is 9.14. The zero-order chi connectivity index (χ0) is 21.6. The van der Waals surface area contributed by atoms with Crippen LogP contribution in [0.15, 0.2) is 18.3 Å². The zero-order valence-electron chi connectivity index (χ0n) is 18.0. The standard InChI is InChI=1S/C21H27ClN6O2/c1-13-19(16-12-17(22)24-18-6-9-23-28(16)18)14(2)27(25-13)15-7-10-26(11-8-15)20(29)30-21(3,4)5/h6,9,12,15H,7-8,10-11H2,1-5H3. The van der Waals surface area contributed by atoms with Crippen molar-refractivity contribution in [1.82, 2.24) is 29.3 Å². The number of piperidine rings is 1. The van der Waals surface area contributed by atoms with Gasteiger partial charge in [-0.1, -0.05) is 11.6 Å². The van der Waals surface area contributed by atoms with E-state index < -0.39 is 5.60 Å². The maximum Gasteiger partial charge on any atom is 0.410 e. The molecule has 0 aromatic carbocycles. The fourth-order valence-electron chi connectivity index (χ4n) is 4.07. The second kappa shape index (κ2) is 7.58. The van der Waals surface area contributed by atoms with Gasteiger partial charge < -0.3 is 9.64 Å². The Hall–Kier alpha value is -2.61. The van der Waals surface area contributed by atoms with Crippen LogP contribution in [0.25, 0.3) is 16.9 Å². The van der Waals surface area contributed by atoms with Gasteiger partial charge in [-0.05, 0) is 47.5 Å². The highest BCUT2D eigenvalue weighted by Crippen LogP contribution is 2.33. The number of rotatable bonds is 2. The van der Waals surface area contributed by atoms with Crippen molar-refractivity contribution in [1.29, 1.82) is 0 Å². The van der Waals surface area contributed by atoms with Crippen molar-refractivity contribution in [3.8, 4) is 11.3 Å². The van der Waals surface area contributed by atoms with Gasteiger partial charge in [0.2, 0.25) is 0 Å². The fourth-order valence-corrected chi connectivity index (χ4v) is 4.26. The van der Waals surface area contributed by atoms with Gasteiger partial charge in [0.05, 0.1) is 23.6 Å². The molecule has 0 aliphatic carbocycles. The molecule has 30 heavy (non-hydrogen) atoms. The molecule has 1 amide bonds. The normalized spacial score (nSPS) is 15.7. The topological polar surface area (TPSA) is 77.5 Å². The fraction of sp³-hybridized carbons (Fsp3) is 0.524. The van der Waals surface area contributed by atoms with Crippen LogP contribution in [0.2, 0.25) is 5.15 Å². The Morgan fingerprint density at radius 3 is 2.60 bits per heavy atom. The lowest BCUT2D eigenvalue weighted by Crippen LogP contribution is -2.42. The number of nitrogens with zero attached hydrogens (tertiary/aromatic N) is 6. The van der Waals surface area contributed by atoms with Gasteiger partial charge in [-0.25, -0.2) is 14.3 Å². The van der Waals surface area contributed by atoms with Gasteiger partial charge in [0.25, 0.3) is 0 Å². The third-order valence-electron chi connectivity index (χ3n) is 5.37. The number of aryl methyl sites for hydroxylation is 1. The molecule has 4 rings (SSSR count). The van der Waals surface area contributed by atoms with Crippen LogP contribution in [0.4, 0.5) is 4.79 Å². The van der Waals surface area contributed by atoms with Gasteiger partial charge in [-0.3, -0.25) is 4.68 Å². The van der Waals surface area contributed by atoms with Crippen molar-refractivity contribution in [2.45, 2.75) is 59.1 Å². The SMILES string of the molecule is Cc1nn(C2CCN(C(=O)OC(C)(C)C)CC2)c(C)c1-c1cc(Cl)nc2ccnn12. The smallest absolute Gasteiger partial charge is 0.410 e. The maximum atomic E-state index is 12.4. The molecule has 0 radical (unpaired) electrons. The van der Waals surface area contributed by atoms with Crippen molar-refractivity contribution < 1.29 is 9.53 Å². The highest BCUT2D eigenvalue weighted by atomic mass is 35.5. The summed E-state index contributed by atoms with van der Waals surface area (Å²) in [5.74, 6) is 0. The lowest BCUT2D eigenvalue weighted by Gasteiger charge is -2.34. The highest BCUT2D eigenvalue weighted by Gasteiger charge is 2.29. The molecule has 0 N–H and O–H groups in total. The van der Waals surface area contributed by atoms with Crippen LogP contribution in [0, 0.1) is 13.8 Å². The van der Waals surface area contributed by atoms with Gasteiger partial charge in [-0.15, -0.1) is 0 Å². The highest BCUT2D eigenvalue weighted by molar-refractivity contribution is 6.29. The van der Waals surface area contributed by atoms with E-state index in [9.17, 15) is 4.79 Å². The first kappa shape index (κ1) is 20.7.